The quantitative estimate of drug-likeness (QED) is 0.708. The van der Waals surface area contributed by atoms with Crippen molar-refractivity contribution in [1.82, 2.24) is 10.2 Å². The maximum Gasteiger partial charge on any atom is 0.308 e. The summed E-state index contributed by atoms with van der Waals surface area (Å²) < 4.78 is 0. The molecule has 98 valence electrons. The Bertz CT molecular complexity index is 422. The second kappa shape index (κ2) is 3.96. The molecule has 0 aromatic carbocycles. The number of carbonyl (C=O) groups is 3. The summed E-state index contributed by atoms with van der Waals surface area (Å²) in [5.41, 5.74) is 0. The molecule has 18 heavy (non-hydrogen) atoms. The summed E-state index contributed by atoms with van der Waals surface area (Å²) >= 11 is 0. The summed E-state index contributed by atoms with van der Waals surface area (Å²) in [7, 11) is 0. The van der Waals surface area contributed by atoms with Crippen LogP contribution < -0.4 is 5.32 Å². The zero-order chi connectivity index (χ0) is 12.9. The molecule has 0 spiro atoms. The lowest BCUT2D eigenvalue weighted by Gasteiger charge is -2.26. The van der Waals surface area contributed by atoms with E-state index in [1.807, 2.05) is 0 Å². The Morgan fingerprint density at radius 1 is 1.28 bits per heavy atom. The first-order chi connectivity index (χ1) is 8.58. The minimum absolute atomic E-state index is 0.0566. The van der Waals surface area contributed by atoms with Gasteiger partial charge in [-0.25, -0.2) is 0 Å². The minimum atomic E-state index is -0.810. The Kier molecular flexibility index (Phi) is 2.53. The first-order valence-electron chi connectivity index (χ1n) is 6.42. The highest BCUT2D eigenvalue weighted by atomic mass is 16.4. The number of nitrogens with zero attached hydrogens (tertiary/aromatic N) is 1. The van der Waals surface area contributed by atoms with Gasteiger partial charge >= 0.3 is 5.97 Å². The minimum Gasteiger partial charge on any atom is -0.481 e. The van der Waals surface area contributed by atoms with Gasteiger partial charge in [-0.2, -0.15) is 0 Å². The van der Waals surface area contributed by atoms with Crippen LogP contribution in [0.5, 0.6) is 0 Å². The summed E-state index contributed by atoms with van der Waals surface area (Å²) in [6.07, 6.45) is 3.15. The molecule has 0 saturated carbocycles. The monoisotopic (exact) mass is 252 g/mol. The molecule has 4 unspecified atom stereocenters. The second-order valence-electron chi connectivity index (χ2n) is 5.38. The van der Waals surface area contributed by atoms with Gasteiger partial charge in [-0.3, -0.25) is 14.4 Å². The van der Waals surface area contributed by atoms with Crippen LogP contribution in [-0.4, -0.2) is 45.9 Å². The molecule has 3 saturated heterocycles. The third-order valence-electron chi connectivity index (χ3n) is 4.40. The first kappa shape index (κ1) is 11.5. The molecular formula is C12H16N2O4. The molecule has 2 amide bonds. The lowest BCUT2D eigenvalue weighted by atomic mass is 9.89. The Balaban J connectivity index is 1.75. The highest BCUT2D eigenvalue weighted by Crippen LogP contribution is 2.42. The van der Waals surface area contributed by atoms with E-state index in [9.17, 15) is 14.4 Å². The van der Waals surface area contributed by atoms with Crippen LogP contribution in [0.4, 0.5) is 0 Å². The third-order valence-corrected chi connectivity index (χ3v) is 4.40. The van der Waals surface area contributed by atoms with Gasteiger partial charge in [0, 0.05) is 18.5 Å². The summed E-state index contributed by atoms with van der Waals surface area (Å²) in [6.45, 7) is 0. The number of hydrogen-bond donors (Lipinski definition) is 2. The normalized spacial score (nSPS) is 38.0. The topological polar surface area (TPSA) is 86.7 Å². The van der Waals surface area contributed by atoms with Crippen molar-refractivity contribution < 1.29 is 19.5 Å². The van der Waals surface area contributed by atoms with E-state index in [0.717, 1.165) is 12.8 Å². The Labute approximate surface area is 104 Å². The maximum absolute atomic E-state index is 12.3. The second-order valence-corrected chi connectivity index (χ2v) is 5.38. The van der Waals surface area contributed by atoms with E-state index in [0.29, 0.717) is 19.3 Å². The smallest absolute Gasteiger partial charge is 0.308 e. The average molecular weight is 252 g/mol. The van der Waals surface area contributed by atoms with Crippen LogP contribution >= 0.6 is 0 Å². The summed E-state index contributed by atoms with van der Waals surface area (Å²) in [5.74, 6) is -1.41. The molecule has 3 heterocycles. The molecule has 3 aliphatic rings. The highest BCUT2D eigenvalue weighted by Gasteiger charge is 2.52. The van der Waals surface area contributed by atoms with Gasteiger partial charge < -0.3 is 15.3 Å². The van der Waals surface area contributed by atoms with Crippen LogP contribution in [0.3, 0.4) is 0 Å². The van der Waals surface area contributed by atoms with Crippen LogP contribution in [0.15, 0.2) is 0 Å². The van der Waals surface area contributed by atoms with E-state index in [1.54, 1.807) is 4.90 Å². The van der Waals surface area contributed by atoms with Crippen LogP contribution in [0.2, 0.25) is 0 Å². The third kappa shape index (κ3) is 1.59. The average Bonchev–Trinajstić information content (AvgIpc) is 3.01. The van der Waals surface area contributed by atoms with Crippen LogP contribution in [0.1, 0.15) is 32.1 Å². The van der Waals surface area contributed by atoms with Crippen molar-refractivity contribution in [3.8, 4) is 0 Å². The number of fused-ring (bicyclic) bond motifs is 2. The number of carboxylic acids is 1. The Hall–Kier alpha value is -1.59. The molecule has 3 rings (SSSR count). The fraction of sp³-hybridized carbons (Fsp3) is 0.750. The van der Waals surface area contributed by atoms with Crippen molar-refractivity contribution in [3.63, 3.8) is 0 Å². The molecule has 0 radical (unpaired) electrons. The molecule has 2 N–H and O–H groups in total. The van der Waals surface area contributed by atoms with E-state index in [4.69, 9.17) is 5.11 Å². The zero-order valence-electron chi connectivity index (χ0n) is 9.96. The van der Waals surface area contributed by atoms with Crippen LogP contribution in [0, 0.1) is 5.92 Å². The number of nitrogens with one attached hydrogen (secondary N) is 1. The maximum atomic E-state index is 12.3. The van der Waals surface area contributed by atoms with Crippen LogP contribution in [-0.2, 0) is 14.4 Å². The van der Waals surface area contributed by atoms with E-state index in [2.05, 4.69) is 5.32 Å². The zero-order valence-corrected chi connectivity index (χ0v) is 9.96. The molecule has 3 aliphatic heterocycles. The van der Waals surface area contributed by atoms with Gasteiger partial charge in [0.1, 0.15) is 6.04 Å². The summed E-state index contributed by atoms with van der Waals surface area (Å²) in [6, 6.07) is -0.549. The molecule has 0 aliphatic carbocycles. The van der Waals surface area contributed by atoms with Gasteiger partial charge in [0.2, 0.25) is 11.8 Å². The van der Waals surface area contributed by atoms with E-state index >= 15 is 0 Å². The fourth-order valence-corrected chi connectivity index (χ4v) is 3.58. The van der Waals surface area contributed by atoms with Crippen molar-refractivity contribution in [2.75, 3.05) is 0 Å². The van der Waals surface area contributed by atoms with E-state index in [-0.39, 0.29) is 23.9 Å². The van der Waals surface area contributed by atoms with Gasteiger partial charge in [0.25, 0.3) is 0 Å². The van der Waals surface area contributed by atoms with Crippen molar-refractivity contribution in [1.29, 1.82) is 0 Å². The van der Waals surface area contributed by atoms with Gasteiger partial charge in [-0.1, -0.05) is 0 Å². The summed E-state index contributed by atoms with van der Waals surface area (Å²) in [4.78, 5) is 36.3. The Morgan fingerprint density at radius 3 is 2.61 bits per heavy atom. The van der Waals surface area contributed by atoms with Gasteiger partial charge in [-0.05, 0) is 25.7 Å². The molecule has 6 heteroatoms. The van der Waals surface area contributed by atoms with Crippen molar-refractivity contribution >= 4 is 17.8 Å². The number of amides is 2. The number of carboxylic acid groups (broad SMARTS) is 1. The molecule has 6 nitrogen and oxygen atoms in total. The van der Waals surface area contributed by atoms with Crippen molar-refractivity contribution in [2.45, 2.75) is 50.2 Å². The van der Waals surface area contributed by atoms with Gasteiger partial charge in [-0.15, -0.1) is 0 Å². The van der Waals surface area contributed by atoms with E-state index < -0.39 is 17.9 Å². The lowest BCUT2D eigenvalue weighted by Crippen LogP contribution is -2.47. The first-order valence-corrected chi connectivity index (χ1v) is 6.42. The fourth-order valence-electron chi connectivity index (χ4n) is 3.58. The van der Waals surface area contributed by atoms with Gasteiger partial charge in [0.05, 0.1) is 5.92 Å². The standard InChI is InChI=1S/C12H16N2O4/c15-10-4-2-8(13-10)11(16)14-6-1-3-9(14)7(5-6)12(17)18/h6-9H,1-5H2,(H,13,15)(H,17,18). The van der Waals surface area contributed by atoms with Crippen LogP contribution in [0.25, 0.3) is 0 Å². The molecule has 0 aromatic rings. The number of carbonyl (C=O) groups excluding carboxylic acids is 2. The Morgan fingerprint density at radius 2 is 2.06 bits per heavy atom. The van der Waals surface area contributed by atoms with E-state index in [1.165, 1.54) is 0 Å². The SMILES string of the molecule is O=C1CCC(C(=O)N2C3CCC2C(C(=O)O)C3)N1. The number of aliphatic carboxylic acids is 1. The molecule has 2 bridgehead atoms. The summed E-state index contributed by atoms with van der Waals surface area (Å²) in [5, 5.41) is 11.8. The largest absolute Gasteiger partial charge is 0.481 e. The molecule has 4 atom stereocenters. The number of rotatable bonds is 2. The number of hydrogen-bond acceptors (Lipinski definition) is 3. The van der Waals surface area contributed by atoms with Crippen molar-refractivity contribution in [3.05, 3.63) is 0 Å². The highest BCUT2D eigenvalue weighted by molar-refractivity contribution is 5.92. The lowest BCUT2D eigenvalue weighted by molar-refractivity contribution is -0.143. The predicted octanol–water partition coefficient (Wildman–Crippen LogP) is -0.271. The molecule has 0 aromatic heterocycles. The van der Waals surface area contributed by atoms with Gasteiger partial charge in [0.15, 0.2) is 0 Å². The van der Waals surface area contributed by atoms with Crippen molar-refractivity contribution in [2.24, 2.45) is 5.92 Å². The molecular weight excluding hydrogens is 236 g/mol. The molecule has 3 fully saturated rings. The predicted molar refractivity (Wildman–Crippen MR) is 60.6 cm³/mol.